The molecule has 0 fully saturated rings. The molecule has 2 rings (SSSR count). The van der Waals surface area contributed by atoms with Gasteiger partial charge in [-0.15, -0.1) is 0 Å². The summed E-state index contributed by atoms with van der Waals surface area (Å²) in [5.41, 5.74) is 7.15. The van der Waals surface area contributed by atoms with Crippen molar-refractivity contribution in [1.82, 2.24) is 4.98 Å². The second-order valence-electron chi connectivity index (χ2n) is 3.77. The molecule has 1 heterocycles. The van der Waals surface area contributed by atoms with Crippen LogP contribution in [0.5, 0.6) is 5.75 Å². The second-order valence-corrected chi connectivity index (χ2v) is 4.69. The van der Waals surface area contributed by atoms with E-state index in [0.29, 0.717) is 22.8 Å². The van der Waals surface area contributed by atoms with Crippen molar-refractivity contribution >= 4 is 33.2 Å². The summed E-state index contributed by atoms with van der Waals surface area (Å²) in [4.78, 5) is 16.0. The van der Waals surface area contributed by atoms with Crippen molar-refractivity contribution in [3.8, 4) is 5.75 Å². The smallest absolute Gasteiger partial charge is 0.274 e. The van der Waals surface area contributed by atoms with Crippen LogP contribution in [0.4, 0.5) is 11.4 Å². The van der Waals surface area contributed by atoms with Crippen molar-refractivity contribution in [2.45, 2.75) is 0 Å². The molecule has 0 aliphatic heterocycles. The maximum absolute atomic E-state index is 11.9. The lowest BCUT2D eigenvalue weighted by Crippen LogP contribution is -2.13. The monoisotopic (exact) mass is 321 g/mol. The highest BCUT2D eigenvalue weighted by Gasteiger charge is 2.08. The molecular formula is C13H12BrN3O2. The van der Waals surface area contributed by atoms with E-state index in [1.165, 1.54) is 7.11 Å². The van der Waals surface area contributed by atoms with Gasteiger partial charge < -0.3 is 15.8 Å². The number of nitrogen functional groups attached to an aromatic ring is 1. The van der Waals surface area contributed by atoms with Crippen LogP contribution < -0.4 is 15.8 Å². The summed E-state index contributed by atoms with van der Waals surface area (Å²) in [6.45, 7) is 0. The van der Waals surface area contributed by atoms with E-state index >= 15 is 0 Å². The van der Waals surface area contributed by atoms with Gasteiger partial charge in [-0.2, -0.15) is 0 Å². The molecule has 1 aromatic heterocycles. The third-order valence-electron chi connectivity index (χ3n) is 2.45. The first-order chi connectivity index (χ1) is 9.10. The fraction of sp³-hybridized carbons (Fsp3) is 0.0769. The molecule has 6 heteroatoms. The first kappa shape index (κ1) is 13.4. The van der Waals surface area contributed by atoms with Gasteiger partial charge in [-0.1, -0.05) is 0 Å². The maximum atomic E-state index is 11.9. The van der Waals surface area contributed by atoms with Crippen LogP contribution in [0.25, 0.3) is 0 Å². The van der Waals surface area contributed by atoms with Crippen LogP contribution in [0, 0.1) is 0 Å². The number of benzene rings is 1. The molecule has 0 bridgehead atoms. The van der Waals surface area contributed by atoms with Gasteiger partial charge in [-0.3, -0.25) is 4.79 Å². The molecule has 0 aliphatic rings. The average Bonchev–Trinajstić information content (AvgIpc) is 2.41. The highest BCUT2D eigenvalue weighted by atomic mass is 79.9. The molecule has 19 heavy (non-hydrogen) atoms. The van der Waals surface area contributed by atoms with E-state index in [1.54, 1.807) is 36.5 Å². The SMILES string of the molecule is COc1cc(NC(=O)c2ccc(Br)cn2)ccc1N. The molecule has 3 N–H and O–H groups in total. The number of pyridine rings is 1. The summed E-state index contributed by atoms with van der Waals surface area (Å²) in [5, 5.41) is 2.73. The minimum Gasteiger partial charge on any atom is -0.495 e. The summed E-state index contributed by atoms with van der Waals surface area (Å²) in [7, 11) is 1.52. The van der Waals surface area contributed by atoms with Gasteiger partial charge in [0.1, 0.15) is 11.4 Å². The number of anilines is 2. The van der Waals surface area contributed by atoms with Gasteiger partial charge in [-0.05, 0) is 40.2 Å². The summed E-state index contributed by atoms with van der Waals surface area (Å²) in [6, 6.07) is 8.42. The van der Waals surface area contributed by atoms with E-state index in [1.807, 2.05) is 0 Å². The zero-order valence-corrected chi connectivity index (χ0v) is 11.8. The van der Waals surface area contributed by atoms with E-state index in [9.17, 15) is 4.79 Å². The quantitative estimate of drug-likeness (QED) is 0.852. The van der Waals surface area contributed by atoms with Crippen molar-refractivity contribution in [2.75, 3.05) is 18.2 Å². The number of rotatable bonds is 3. The maximum Gasteiger partial charge on any atom is 0.274 e. The van der Waals surface area contributed by atoms with Gasteiger partial charge in [0.2, 0.25) is 0 Å². The van der Waals surface area contributed by atoms with E-state index in [2.05, 4.69) is 26.2 Å². The van der Waals surface area contributed by atoms with E-state index in [0.717, 1.165) is 4.47 Å². The highest BCUT2D eigenvalue weighted by Crippen LogP contribution is 2.25. The number of halogens is 1. The first-order valence-corrected chi connectivity index (χ1v) is 6.26. The zero-order valence-electron chi connectivity index (χ0n) is 10.2. The molecular weight excluding hydrogens is 310 g/mol. The predicted octanol–water partition coefficient (Wildman–Crippen LogP) is 2.69. The van der Waals surface area contributed by atoms with E-state index in [-0.39, 0.29) is 5.91 Å². The zero-order chi connectivity index (χ0) is 13.8. The second kappa shape index (κ2) is 5.71. The Balaban J connectivity index is 2.17. The van der Waals surface area contributed by atoms with Gasteiger partial charge in [0.15, 0.2) is 0 Å². The lowest BCUT2D eigenvalue weighted by Gasteiger charge is -2.08. The number of carbonyl (C=O) groups excluding carboxylic acids is 1. The van der Waals surface area contributed by atoms with Crippen LogP contribution in [-0.4, -0.2) is 18.0 Å². The number of nitrogens with two attached hydrogens (primary N) is 1. The fourth-order valence-electron chi connectivity index (χ4n) is 1.49. The number of amides is 1. The standard InChI is InChI=1S/C13H12BrN3O2/c1-19-12-6-9(3-4-10(12)15)17-13(18)11-5-2-8(14)7-16-11/h2-7H,15H2,1H3,(H,17,18). The van der Waals surface area contributed by atoms with Crippen molar-refractivity contribution < 1.29 is 9.53 Å². The molecule has 0 unspecified atom stereocenters. The van der Waals surface area contributed by atoms with Crippen molar-refractivity contribution in [1.29, 1.82) is 0 Å². The number of aromatic nitrogens is 1. The number of hydrogen-bond acceptors (Lipinski definition) is 4. The van der Waals surface area contributed by atoms with Crippen LogP contribution in [0.1, 0.15) is 10.5 Å². The number of nitrogens with zero attached hydrogens (tertiary/aromatic N) is 1. The van der Waals surface area contributed by atoms with Crippen LogP contribution in [-0.2, 0) is 0 Å². The number of hydrogen-bond donors (Lipinski definition) is 2. The van der Waals surface area contributed by atoms with Gasteiger partial charge in [-0.25, -0.2) is 4.98 Å². The lowest BCUT2D eigenvalue weighted by molar-refractivity contribution is 0.102. The minimum atomic E-state index is -0.292. The Labute approximate surface area is 118 Å². The summed E-state index contributed by atoms with van der Waals surface area (Å²) < 4.78 is 5.91. The van der Waals surface area contributed by atoms with Crippen LogP contribution >= 0.6 is 15.9 Å². The Hall–Kier alpha value is -2.08. The topological polar surface area (TPSA) is 77.2 Å². The normalized spacial score (nSPS) is 10.0. The summed E-state index contributed by atoms with van der Waals surface area (Å²) in [5.74, 6) is 0.223. The molecule has 1 amide bonds. The van der Waals surface area contributed by atoms with E-state index in [4.69, 9.17) is 10.5 Å². The van der Waals surface area contributed by atoms with Crippen LogP contribution in [0.15, 0.2) is 41.0 Å². The van der Waals surface area contributed by atoms with Crippen LogP contribution in [0.2, 0.25) is 0 Å². The number of nitrogens with one attached hydrogen (secondary N) is 1. The average molecular weight is 322 g/mol. The Morgan fingerprint density at radius 1 is 1.37 bits per heavy atom. The van der Waals surface area contributed by atoms with Gasteiger partial charge in [0, 0.05) is 22.4 Å². The predicted molar refractivity (Wildman–Crippen MR) is 77.3 cm³/mol. The number of ether oxygens (including phenoxy) is 1. The number of carbonyl (C=O) groups is 1. The molecule has 1 aromatic carbocycles. The molecule has 0 aliphatic carbocycles. The summed E-state index contributed by atoms with van der Waals surface area (Å²) >= 11 is 3.26. The Morgan fingerprint density at radius 2 is 2.16 bits per heavy atom. The fourth-order valence-corrected chi connectivity index (χ4v) is 1.73. The molecule has 2 aromatic rings. The van der Waals surface area contributed by atoms with Crippen LogP contribution in [0.3, 0.4) is 0 Å². The molecule has 0 saturated heterocycles. The molecule has 5 nitrogen and oxygen atoms in total. The number of methoxy groups -OCH3 is 1. The molecule has 98 valence electrons. The minimum absolute atomic E-state index is 0.292. The van der Waals surface area contributed by atoms with Crippen molar-refractivity contribution in [3.63, 3.8) is 0 Å². The van der Waals surface area contributed by atoms with Crippen molar-refractivity contribution in [3.05, 3.63) is 46.7 Å². The van der Waals surface area contributed by atoms with Gasteiger partial charge in [0.05, 0.1) is 12.8 Å². The molecule has 0 radical (unpaired) electrons. The molecule has 0 saturated carbocycles. The Morgan fingerprint density at radius 3 is 2.79 bits per heavy atom. The van der Waals surface area contributed by atoms with Crippen molar-refractivity contribution in [2.24, 2.45) is 0 Å². The highest BCUT2D eigenvalue weighted by molar-refractivity contribution is 9.10. The lowest BCUT2D eigenvalue weighted by atomic mass is 10.2. The first-order valence-electron chi connectivity index (χ1n) is 5.46. The largest absolute Gasteiger partial charge is 0.495 e. The Kier molecular flexibility index (Phi) is 4.01. The third-order valence-corrected chi connectivity index (χ3v) is 2.92. The molecule has 0 spiro atoms. The van der Waals surface area contributed by atoms with E-state index < -0.39 is 0 Å². The van der Waals surface area contributed by atoms with Gasteiger partial charge >= 0.3 is 0 Å². The Bertz CT molecular complexity index is 599. The molecule has 0 atom stereocenters. The third kappa shape index (κ3) is 3.23. The van der Waals surface area contributed by atoms with Gasteiger partial charge in [0.25, 0.3) is 5.91 Å². The summed E-state index contributed by atoms with van der Waals surface area (Å²) in [6.07, 6.45) is 1.57.